The Morgan fingerprint density at radius 1 is 1.08 bits per heavy atom. The average Bonchev–Trinajstić information content (AvgIpc) is 2.97. The maximum atomic E-state index is 12.8. The lowest BCUT2D eigenvalue weighted by atomic mass is 10.1. The van der Waals surface area contributed by atoms with Crippen molar-refractivity contribution in [3.05, 3.63) is 65.2 Å². The minimum atomic E-state index is -0.501. The molecular formula is C18H18N4O2S. The van der Waals surface area contributed by atoms with E-state index in [-0.39, 0.29) is 5.91 Å². The monoisotopic (exact) mass is 354 g/mol. The number of hydrogen-bond donors (Lipinski definition) is 1. The van der Waals surface area contributed by atoms with Gasteiger partial charge in [-0.1, -0.05) is 47.3 Å². The summed E-state index contributed by atoms with van der Waals surface area (Å²) in [5, 5.41) is 6.68. The van der Waals surface area contributed by atoms with Gasteiger partial charge in [-0.3, -0.25) is 4.79 Å². The minimum absolute atomic E-state index is 0.202. The van der Waals surface area contributed by atoms with Crippen LogP contribution in [0.15, 0.2) is 52.1 Å². The number of aromatic nitrogens is 3. The zero-order valence-corrected chi connectivity index (χ0v) is 15.0. The molecule has 1 N–H and O–H groups in total. The molecule has 25 heavy (non-hydrogen) atoms. The summed E-state index contributed by atoms with van der Waals surface area (Å²) in [6.07, 6.45) is 0. The van der Waals surface area contributed by atoms with E-state index in [1.54, 1.807) is 13.0 Å². The van der Waals surface area contributed by atoms with Crippen molar-refractivity contribution in [1.29, 1.82) is 0 Å². The number of nitrogens with one attached hydrogen (secondary N) is 1. The SMILES string of the molecule is Cc1cc(C)nc(SC(C(=O)Nc2cc(C)on2)c2ccccc2)n1. The summed E-state index contributed by atoms with van der Waals surface area (Å²) < 4.78 is 5.00. The van der Waals surface area contributed by atoms with Crippen LogP contribution in [0.5, 0.6) is 0 Å². The van der Waals surface area contributed by atoms with E-state index in [1.807, 2.05) is 50.2 Å². The van der Waals surface area contributed by atoms with Crippen LogP contribution in [0.25, 0.3) is 0 Å². The van der Waals surface area contributed by atoms with Gasteiger partial charge in [-0.2, -0.15) is 0 Å². The van der Waals surface area contributed by atoms with Crippen molar-refractivity contribution in [2.45, 2.75) is 31.2 Å². The first-order valence-corrected chi connectivity index (χ1v) is 8.67. The van der Waals surface area contributed by atoms with Crippen molar-refractivity contribution in [3.8, 4) is 0 Å². The van der Waals surface area contributed by atoms with E-state index in [0.29, 0.717) is 16.7 Å². The van der Waals surface area contributed by atoms with Crippen LogP contribution < -0.4 is 5.32 Å². The highest BCUT2D eigenvalue weighted by Crippen LogP contribution is 2.34. The second kappa shape index (κ2) is 7.48. The second-order valence-electron chi connectivity index (χ2n) is 5.65. The second-order valence-corrected chi connectivity index (χ2v) is 6.73. The van der Waals surface area contributed by atoms with Crippen LogP contribution >= 0.6 is 11.8 Å². The van der Waals surface area contributed by atoms with Crippen molar-refractivity contribution in [3.63, 3.8) is 0 Å². The maximum absolute atomic E-state index is 12.8. The number of nitrogens with zero attached hydrogens (tertiary/aromatic N) is 3. The van der Waals surface area contributed by atoms with Crippen LogP contribution in [-0.2, 0) is 4.79 Å². The lowest BCUT2D eigenvalue weighted by Crippen LogP contribution is -2.19. The van der Waals surface area contributed by atoms with Crippen molar-refractivity contribution in [1.82, 2.24) is 15.1 Å². The third-order valence-electron chi connectivity index (χ3n) is 3.40. The molecule has 0 aliphatic carbocycles. The van der Waals surface area contributed by atoms with Crippen molar-refractivity contribution in [2.75, 3.05) is 5.32 Å². The molecule has 2 aromatic heterocycles. The molecule has 0 radical (unpaired) electrons. The van der Waals surface area contributed by atoms with Crippen LogP contribution in [0.4, 0.5) is 5.82 Å². The van der Waals surface area contributed by atoms with E-state index in [9.17, 15) is 4.79 Å². The van der Waals surface area contributed by atoms with Crippen molar-refractivity contribution >= 4 is 23.5 Å². The fourth-order valence-electron chi connectivity index (χ4n) is 2.37. The minimum Gasteiger partial charge on any atom is -0.360 e. The van der Waals surface area contributed by atoms with E-state index < -0.39 is 5.25 Å². The van der Waals surface area contributed by atoms with Gasteiger partial charge >= 0.3 is 0 Å². The number of thioether (sulfide) groups is 1. The third-order valence-corrected chi connectivity index (χ3v) is 4.52. The van der Waals surface area contributed by atoms with Crippen LogP contribution in [0.3, 0.4) is 0 Å². The normalized spacial score (nSPS) is 12.0. The highest BCUT2D eigenvalue weighted by Gasteiger charge is 2.24. The van der Waals surface area contributed by atoms with Gasteiger partial charge in [-0.05, 0) is 32.4 Å². The van der Waals surface area contributed by atoms with Gasteiger partial charge in [-0.15, -0.1) is 0 Å². The highest BCUT2D eigenvalue weighted by molar-refractivity contribution is 8.00. The Hall–Kier alpha value is -2.67. The van der Waals surface area contributed by atoms with Gasteiger partial charge in [0, 0.05) is 17.5 Å². The predicted octanol–water partition coefficient (Wildman–Crippen LogP) is 3.86. The molecule has 3 aromatic rings. The smallest absolute Gasteiger partial charge is 0.243 e. The summed E-state index contributed by atoms with van der Waals surface area (Å²) in [5.41, 5.74) is 2.61. The lowest BCUT2D eigenvalue weighted by molar-refractivity contribution is -0.115. The maximum Gasteiger partial charge on any atom is 0.243 e. The molecule has 0 saturated carbocycles. The molecule has 0 saturated heterocycles. The number of aryl methyl sites for hydroxylation is 3. The first kappa shape index (κ1) is 17.2. The summed E-state index contributed by atoms with van der Waals surface area (Å²) in [7, 11) is 0. The summed E-state index contributed by atoms with van der Waals surface area (Å²) in [5.74, 6) is 0.828. The number of rotatable bonds is 5. The number of benzene rings is 1. The van der Waals surface area contributed by atoms with E-state index in [4.69, 9.17) is 4.52 Å². The topological polar surface area (TPSA) is 80.9 Å². The molecule has 0 spiro atoms. The molecule has 1 aromatic carbocycles. The lowest BCUT2D eigenvalue weighted by Gasteiger charge is -2.15. The van der Waals surface area contributed by atoms with Crippen LogP contribution in [0.2, 0.25) is 0 Å². The first-order valence-electron chi connectivity index (χ1n) is 7.79. The molecular weight excluding hydrogens is 336 g/mol. The number of hydrogen-bond acceptors (Lipinski definition) is 6. The van der Waals surface area contributed by atoms with Gasteiger partial charge in [0.2, 0.25) is 5.91 Å². The number of carbonyl (C=O) groups excluding carboxylic acids is 1. The Balaban J connectivity index is 1.88. The summed E-state index contributed by atoms with van der Waals surface area (Å²) in [6, 6.07) is 13.1. The largest absolute Gasteiger partial charge is 0.360 e. The van der Waals surface area contributed by atoms with E-state index in [2.05, 4.69) is 20.4 Å². The van der Waals surface area contributed by atoms with Crippen molar-refractivity contribution in [2.24, 2.45) is 0 Å². The number of anilines is 1. The Morgan fingerprint density at radius 3 is 2.36 bits per heavy atom. The number of amides is 1. The van der Waals surface area contributed by atoms with Gasteiger partial charge in [0.15, 0.2) is 11.0 Å². The molecule has 7 heteroatoms. The van der Waals surface area contributed by atoms with Gasteiger partial charge in [0.1, 0.15) is 11.0 Å². The molecule has 6 nitrogen and oxygen atoms in total. The molecule has 1 atom stereocenters. The van der Waals surface area contributed by atoms with E-state index in [1.165, 1.54) is 11.8 Å². The molecule has 2 heterocycles. The fraction of sp³-hybridized carbons (Fsp3) is 0.222. The standard InChI is InChI=1S/C18H18N4O2S/c1-11-9-12(2)20-18(19-11)25-16(14-7-5-4-6-8-14)17(23)21-15-10-13(3)24-22-15/h4-10,16H,1-3H3,(H,21,22,23). The number of carbonyl (C=O) groups is 1. The molecule has 0 bridgehead atoms. The van der Waals surface area contributed by atoms with Crippen molar-refractivity contribution < 1.29 is 9.32 Å². The fourth-order valence-corrected chi connectivity index (χ4v) is 3.43. The summed E-state index contributed by atoms with van der Waals surface area (Å²) in [6.45, 7) is 5.60. The third kappa shape index (κ3) is 4.45. The Labute approximate surface area is 150 Å². The van der Waals surface area contributed by atoms with E-state index in [0.717, 1.165) is 17.0 Å². The average molecular weight is 354 g/mol. The molecule has 128 valence electrons. The van der Waals surface area contributed by atoms with Gasteiger partial charge in [0.05, 0.1) is 0 Å². The molecule has 0 aliphatic heterocycles. The summed E-state index contributed by atoms with van der Waals surface area (Å²) in [4.78, 5) is 21.7. The molecule has 1 unspecified atom stereocenters. The Bertz CT molecular complexity index is 860. The molecule has 0 aliphatic rings. The molecule has 0 fully saturated rings. The van der Waals surface area contributed by atoms with Gasteiger partial charge < -0.3 is 9.84 Å². The van der Waals surface area contributed by atoms with Crippen LogP contribution in [-0.4, -0.2) is 21.0 Å². The first-order chi connectivity index (χ1) is 12.0. The Morgan fingerprint density at radius 2 is 1.76 bits per heavy atom. The van der Waals surface area contributed by atoms with Gasteiger partial charge in [0.25, 0.3) is 0 Å². The summed E-state index contributed by atoms with van der Waals surface area (Å²) >= 11 is 1.31. The van der Waals surface area contributed by atoms with E-state index >= 15 is 0 Å². The Kier molecular flexibility index (Phi) is 5.14. The molecule has 3 rings (SSSR count). The van der Waals surface area contributed by atoms with Crippen LogP contribution in [0.1, 0.15) is 28.0 Å². The van der Waals surface area contributed by atoms with Crippen LogP contribution in [0, 0.1) is 20.8 Å². The zero-order chi connectivity index (χ0) is 17.8. The highest BCUT2D eigenvalue weighted by atomic mass is 32.2. The molecule has 1 amide bonds. The predicted molar refractivity (Wildman–Crippen MR) is 96.4 cm³/mol. The zero-order valence-electron chi connectivity index (χ0n) is 14.2. The van der Waals surface area contributed by atoms with Gasteiger partial charge in [-0.25, -0.2) is 9.97 Å². The quantitative estimate of drug-likeness (QED) is 0.553.